The number of hydrogen-bond acceptors (Lipinski definition) is 6. The molecule has 3 heterocycles. The molecule has 7 fully saturated rings. The van der Waals surface area contributed by atoms with Crippen LogP contribution in [0.25, 0.3) is 0 Å². The number of rotatable bonds is 8. The van der Waals surface area contributed by atoms with Crippen LogP contribution in [0.4, 0.5) is 4.79 Å². The first-order valence-electron chi connectivity index (χ1n) is 26.6. The van der Waals surface area contributed by atoms with E-state index < -0.39 is 5.54 Å². The zero-order valence-electron chi connectivity index (χ0n) is 42.8. The van der Waals surface area contributed by atoms with Crippen LogP contribution in [0.3, 0.4) is 0 Å². The van der Waals surface area contributed by atoms with Gasteiger partial charge in [-0.2, -0.15) is 0 Å². The van der Waals surface area contributed by atoms with E-state index in [0.717, 1.165) is 107 Å². The largest absolute Gasteiger partial charge is 0.462 e. The number of carbonyl (C=O) groups is 3. The molecule has 12 atom stereocenters. The number of urea groups is 1. The smallest absolute Gasteiger partial charge is 0.318 e. The van der Waals surface area contributed by atoms with Gasteiger partial charge in [-0.25, -0.2) is 4.79 Å². The van der Waals surface area contributed by atoms with Gasteiger partial charge < -0.3 is 19.5 Å². The van der Waals surface area contributed by atoms with E-state index >= 15 is 0 Å². The van der Waals surface area contributed by atoms with E-state index in [1.165, 1.54) is 11.1 Å². The molecule has 360 valence electrons. The van der Waals surface area contributed by atoms with Gasteiger partial charge in [-0.3, -0.25) is 9.59 Å². The highest BCUT2D eigenvalue weighted by atomic mass is 16.5. The zero-order valence-corrected chi connectivity index (χ0v) is 42.8. The van der Waals surface area contributed by atoms with Gasteiger partial charge in [0.15, 0.2) is 5.78 Å². The van der Waals surface area contributed by atoms with E-state index in [9.17, 15) is 14.4 Å². The molecule has 2 saturated heterocycles. The van der Waals surface area contributed by atoms with Crippen LogP contribution in [0.15, 0.2) is 41.5 Å². The molecule has 66 heavy (non-hydrogen) atoms. The quantitative estimate of drug-likeness (QED) is 0.265. The van der Waals surface area contributed by atoms with Crippen LogP contribution in [0.1, 0.15) is 195 Å². The summed E-state index contributed by atoms with van der Waals surface area (Å²) in [6.45, 7) is 28.1. The molecule has 0 radical (unpaired) electrons. The van der Waals surface area contributed by atoms with Crippen LogP contribution in [0.2, 0.25) is 0 Å². The molecule has 9 heteroatoms. The number of carbonyl (C=O) groups excluding carboxylic acids is 3. The van der Waals surface area contributed by atoms with Crippen molar-refractivity contribution in [2.75, 3.05) is 0 Å². The second-order valence-electron chi connectivity index (χ2n) is 26.0. The fraction of sp³-hybridized carbons (Fsp3) is 0.772. The van der Waals surface area contributed by atoms with E-state index in [1.54, 1.807) is 0 Å². The Hall–Kier alpha value is -3.49. The summed E-state index contributed by atoms with van der Waals surface area (Å²) in [5.41, 5.74) is 3.06. The maximum absolute atomic E-state index is 15.0. The maximum atomic E-state index is 15.0. The van der Waals surface area contributed by atoms with Crippen LogP contribution in [-0.4, -0.2) is 61.2 Å². The molecule has 2 unspecified atom stereocenters. The Morgan fingerprint density at radius 3 is 2.11 bits per heavy atom. The molecule has 2 aliphatic heterocycles. The number of hydrogen-bond donors (Lipinski definition) is 1. The summed E-state index contributed by atoms with van der Waals surface area (Å²) in [4.78, 5) is 45.8. The monoisotopic (exact) mass is 902 g/mol. The molecule has 6 aliphatic carbocycles. The summed E-state index contributed by atoms with van der Waals surface area (Å²) in [6.07, 6.45) is 14.4. The normalized spacial score (nSPS) is 40.9. The average Bonchev–Trinajstić information content (AvgIpc) is 3.88. The Labute approximate surface area is 396 Å². The van der Waals surface area contributed by atoms with Gasteiger partial charge in [0, 0.05) is 35.9 Å². The lowest BCUT2D eigenvalue weighted by Crippen LogP contribution is -2.68. The standard InChI is InChI=1S/C57H83N5O4/c1-33(2)47-43(63)32-57(58-51(65)62-38-18-19-39(62)31-40(30-38)61-35(5)59-60-49(61)34(3)4)27-26-55(11)41(48(47)57)20-21-45-54(10)24-23-46(53(8,9)44(54)22-25-56(45,55)12)66-50(64)42-29-37(52(42,6)7)28-36-16-14-13-15-17-36/h13-17,33-34,37-42,44-46H,18-32H2,1-12H3,(H,58,65)/t37-,38?,39?,40?,41-,42-,44+,45-,46+,54+,55-,56-,57-/m1/s1. The number of ether oxygens (including phenoxy) is 1. The van der Waals surface area contributed by atoms with Crippen molar-refractivity contribution in [3.05, 3.63) is 58.7 Å². The molecule has 9 nitrogen and oxygen atoms in total. The van der Waals surface area contributed by atoms with Crippen LogP contribution in [-0.2, 0) is 20.7 Å². The van der Waals surface area contributed by atoms with Gasteiger partial charge in [0.05, 0.1) is 11.5 Å². The molecule has 0 spiro atoms. The molecular weight excluding hydrogens is 819 g/mol. The van der Waals surface area contributed by atoms with Gasteiger partial charge in [0.25, 0.3) is 0 Å². The maximum Gasteiger partial charge on any atom is 0.318 e. The second kappa shape index (κ2) is 15.8. The molecule has 5 saturated carbocycles. The van der Waals surface area contributed by atoms with Crippen LogP contribution in [0.5, 0.6) is 0 Å². The van der Waals surface area contributed by atoms with Crippen molar-refractivity contribution in [1.29, 1.82) is 0 Å². The van der Waals surface area contributed by atoms with Gasteiger partial charge in [0.2, 0.25) is 0 Å². The van der Waals surface area contributed by atoms with E-state index in [1.807, 2.05) is 0 Å². The van der Waals surface area contributed by atoms with E-state index in [4.69, 9.17) is 4.74 Å². The highest BCUT2D eigenvalue weighted by Gasteiger charge is 2.71. The minimum atomic E-state index is -0.616. The van der Waals surface area contributed by atoms with Crippen molar-refractivity contribution in [2.24, 2.45) is 62.6 Å². The number of aromatic nitrogens is 3. The van der Waals surface area contributed by atoms with Gasteiger partial charge in [-0.1, -0.05) is 106 Å². The molecule has 10 rings (SSSR count). The third-order valence-electron chi connectivity index (χ3n) is 21.8. The summed E-state index contributed by atoms with van der Waals surface area (Å²) < 4.78 is 9.08. The van der Waals surface area contributed by atoms with Crippen molar-refractivity contribution in [3.63, 3.8) is 0 Å². The lowest BCUT2D eigenvalue weighted by atomic mass is 9.33. The Morgan fingerprint density at radius 2 is 1.45 bits per heavy atom. The van der Waals surface area contributed by atoms with Gasteiger partial charge in [-0.15, -0.1) is 10.2 Å². The summed E-state index contributed by atoms with van der Waals surface area (Å²) in [5, 5.41) is 12.8. The number of allylic oxidation sites excluding steroid dienone is 1. The van der Waals surface area contributed by atoms with Crippen LogP contribution in [0, 0.1) is 69.5 Å². The topological polar surface area (TPSA) is 106 Å². The number of amides is 2. The van der Waals surface area contributed by atoms with Crippen LogP contribution >= 0.6 is 0 Å². The van der Waals surface area contributed by atoms with Crippen molar-refractivity contribution in [3.8, 4) is 0 Å². The zero-order chi connectivity index (χ0) is 47.1. The van der Waals surface area contributed by atoms with Crippen molar-refractivity contribution in [2.45, 2.75) is 215 Å². The van der Waals surface area contributed by atoms with E-state index in [0.29, 0.717) is 36.1 Å². The third kappa shape index (κ3) is 6.65. The molecule has 8 aliphatic rings. The van der Waals surface area contributed by atoms with Crippen molar-refractivity contribution >= 4 is 17.8 Å². The summed E-state index contributed by atoms with van der Waals surface area (Å²) >= 11 is 0. The first kappa shape index (κ1) is 46.2. The van der Waals surface area contributed by atoms with Crippen molar-refractivity contribution in [1.82, 2.24) is 25.0 Å². The minimum Gasteiger partial charge on any atom is -0.462 e. The SMILES string of the molecule is Cc1nnc(C(C)C)n1C1CC2CCC(C1)N2C(=O)N[C@@]12CC[C@]3(C)[C@H](CC[C@@H]4[C@@]5(C)CC[C@H](OC(=O)[C@H]6C[C@@H](Cc7ccccc7)C6(C)C)C(C)(C)[C@@H]5CC[C@]43C)C1=C(C(C)C)C(=O)C2. The number of esters is 1. The minimum absolute atomic E-state index is 0.0000380. The number of piperidine rings is 1. The molecule has 1 N–H and O–H groups in total. The predicted octanol–water partition coefficient (Wildman–Crippen LogP) is 12.1. The lowest BCUT2D eigenvalue weighted by Gasteiger charge is -2.72. The highest BCUT2D eigenvalue weighted by Crippen LogP contribution is 2.76. The number of ketones is 1. The summed E-state index contributed by atoms with van der Waals surface area (Å²) in [6, 6.07) is 11.4. The highest BCUT2D eigenvalue weighted by molar-refractivity contribution is 6.02. The van der Waals surface area contributed by atoms with Gasteiger partial charge >= 0.3 is 12.0 Å². The average molecular weight is 902 g/mol. The Bertz CT molecular complexity index is 2280. The molecule has 2 bridgehead atoms. The molecule has 1 aromatic heterocycles. The van der Waals surface area contributed by atoms with Gasteiger partial charge in [-0.05, 0) is 165 Å². The number of nitrogens with zero attached hydrogens (tertiary/aromatic N) is 4. The Balaban J connectivity index is 0.864. The van der Waals surface area contributed by atoms with Crippen LogP contribution < -0.4 is 5.32 Å². The fourth-order valence-electron chi connectivity index (χ4n) is 18.0. The van der Waals surface area contributed by atoms with E-state index in [-0.39, 0.29) is 80.8 Å². The first-order valence-corrected chi connectivity index (χ1v) is 26.6. The second-order valence-corrected chi connectivity index (χ2v) is 26.0. The van der Waals surface area contributed by atoms with Crippen molar-refractivity contribution < 1.29 is 19.1 Å². The number of aryl methyl sites for hydroxylation is 1. The molecular formula is C57H83N5O4. The third-order valence-corrected chi connectivity index (χ3v) is 21.8. The number of nitrogens with one attached hydrogen (secondary N) is 1. The number of fused-ring (bicyclic) bond motifs is 9. The lowest BCUT2D eigenvalue weighted by molar-refractivity contribution is -0.235. The molecule has 1 aromatic carbocycles. The fourth-order valence-corrected chi connectivity index (χ4v) is 18.0. The Kier molecular flexibility index (Phi) is 11.0. The molecule has 2 aromatic rings. The number of Topliss-reactive ketones (excluding diaryl/α,β-unsaturated/α-hetero) is 1. The summed E-state index contributed by atoms with van der Waals surface area (Å²) in [7, 11) is 0. The number of benzene rings is 1. The van der Waals surface area contributed by atoms with Gasteiger partial charge in [0.1, 0.15) is 17.8 Å². The Morgan fingerprint density at radius 1 is 0.758 bits per heavy atom. The predicted molar refractivity (Wildman–Crippen MR) is 259 cm³/mol. The van der Waals surface area contributed by atoms with E-state index in [2.05, 4.69) is 138 Å². The first-order chi connectivity index (χ1) is 31.1. The molecule has 2 amide bonds. The summed E-state index contributed by atoms with van der Waals surface area (Å²) in [5.74, 6) is 4.38.